The van der Waals surface area contributed by atoms with E-state index in [1.54, 1.807) is 18.2 Å². The summed E-state index contributed by atoms with van der Waals surface area (Å²) in [5, 5.41) is 12.1. The molecule has 1 heterocycles. The maximum atomic E-state index is 11.8. The number of phenols is 1. The number of carbonyl (C=O) groups is 1. The Morgan fingerprint density at radius 2 is 2.35 bits per heavy atom. The van der Waals surface area contributed by atoms with Gasteiger partial charge in [0.05, 0.1) is 0 Å². The van der Waals surface area contributed by atoms with Crippen molar-refractivity contribution < 1.29 is 14.6 Å². The van der Waals surface area contributed by atoms with Gasteiger partial charge in [0.1, 0.15) is 11.9 Å². The van der Waals surface area contributed by atoms with Gasteiger partial charge in [-0.05, 0) is 37.0 Å². The minimum absolute atomic E-state index is 0.0620. The lowest BCUT2D eigenvalue weighted by Gasteiger charge is -2.21. The van der Waals surface area contributed by atoms with E-state index in [1.165, 1.54) is 0 Å². The number of ether oxygens (including phenoxy) is 1. The fourth-order valence-corrected chi connectivity index (χ4v) is 1.92. The topological polar surface area (TPSA) is 58.6 Å². The van der Waals surface area contributed by atoms with Crippen LogP contribution in [-0.4, -0.2) is 23.7 Å². The van der Waals surface area contributed by atoms with Crippen molar-refractivity contribution in [2.75, 3.05) is 6.61 Å². The van der Waals surface area contributed by atoms with Crippen LogP contribution in [-0.2, 0) is 16.1 Å². The molecule has 1 atom stereocenters. The molecule has 2 N–H and O–H groups in total. The van der Waals surface area contributed by atoms with E-state index in [0.717, 1.165) is 24.8 Å². The molecule has 1 aliphatic rings. The number of nitrogens with one attached hydrogen (secondary N) is 1. The van der Waals surface area contributed by atoms with Crippen molar-refractivity contribution in [1.29, 1.82) is 0 Å². The molecule has 1 aliphatic heterocycles. The Morgan fingerprint density at radius 3 is 3.06 bits per heavy atom. The molecule has 0 aromatic heterocycles. The molecule has 4 nitrogen and oxygen atoms in total. The van der Waals surface area contributed by atoms with Crippen molar-refractivity contribution in [3.05, 3.63) is 29.8 Å². The van der Waals surface area contributed by atoms with Crippen LogP contribution in [0.1, 0.15) is 24.8 Å². The van der Waals surface area contributed by atoms with Gasteiger partial charge in [-0.3, -0.25) is 4.79 Å². The fourth-order valence-electron chi connectivity index (χ4n) is 1.92. The molecule has 1 fully saturated rings. The highest BCUT2D eigenvalue weighted by molar-refractivity contribution is 5.80. The lowest BCUT2D eigenvalue weighted by Crippen LogP contribution is -2.37. The smallest absolute Gasteiger partial charge is 0.249 e. The number of phenolic OH excluding ortho intramolecular Hbond substituents is 1. The van der Waals surface area contributed by atoms with E-state index >= 15 is 0 Å². The summed E-state index contributed by atoms with van der Waals surface area (Å²) in [5.74, 6) is 0.152. The maximum absolute atomic E-state index is 11.8. The Labute approximate surface area is 101 Å². The molecule has 2 rings (SSSR count). The molecule has 1 aromatic carbocycles. The second kappa shape index (κ2) is 5.68. The molecule has 1 saturated heterocycles. The summed E-state index contributed by atoms with van der Waals surface area (Å²) in [6.07, 6.45) is 2.58. The Kier molecular flexibility index (Phi) is 3.98. The van der Waals surface area contributed by atoms with E-state index in [-0.39, 0.29) is 17.8 Å². The molecular weight excluding hydrogens is 218 g/mol. The predicted molar refractivity (Wildman–Crippen MR) is 63.5 cm³/mol. The van der Waals surface area contributed by atoms with E-state index in [2.05, 4.69) is 5.32 Å². The summed E-state index contributed by atoms with van der Waals surface area (Å²) in [5.41, 5.74) is 0.883. The van der Waals surface area contributed by atoms with Gasteiger partial charge >= 0.3 is 0 Å². The zero-order valence-corrected chi connectivity index (χ0v) is 9.69. The van der Waals surface area contributed by atoms with Gasteiger partial charge in [0.15, 0.2) is 0 Å². The van der Waals surface area contributed by atoms with E-state index in [1.807, 2.05) is 6.07 Å². The lowest BCUT2D eigenvalue weighted by atomic mass is 10.1. The van der Waals surface area contributed by atoms with Crippen LogP contribution in [0.15, 0.2) is 24.3 Å². The molecule has 1 aromatic rings. The molecule has 0 radical (unpaired) electrons. The predicted octanol–water partition coefficient (Wildman–Crippen LogP) is 1.58. The summed E-state index contributed by atoms with van der Waals surface area (Å²) in [6.45, 7) is 1.09. The number of rotatable bonds is 3. The molecular formula is C13H17NO3. The summed E-state index contributed by atoms with van der Waals surface area (Å²) >= 11 is 0. The maximum Gasteiger partial charge on any atom is 0.249 e. The first-order valence-electron chi connectivity index (χ1n) is 5.93. The number of carbonyl (C=O) groups excluding carboxylic acids is 1. The molecule has 0 saturated carbocycles. The molecule has 92 valence electrons. The average Bonchev–Trinajstić information content (AvgIpc) is 2.37. The molecule has 17 heavy (non-hydrogen) atoms. The monoisotopic (exact) mass is 235 g/mol. The van der Waals surface area contributed by atoms with E-state index in [0.29, 0.717) is 13.2 Å². The number of amides is 1. The van der Waals surface area contributed by atoms with Crippen molar-refractivity contribution in [3.63, 3.8) is 0 Å². The van der Waals surface area contributed by atoms with Gasteiger partial charge in [-0.2, -0.15) is 0 Å². The third kappa shape index (κ3) is 3.46. The van der Waals surface area contributed by atoms with Crippen molar-refractivity contribution in [1.82, 2.24) is 5.32 Å². The van der Waals surface area contributed by atoms with Gasteiger partial charge in [-0.25, -0.2) is 0 Å². The Balaban J connectivity index is 1.83. The summed E-state index contributed by atoms with van der Waals surface area (Å²) in [4.78, 5) is 11.8. The molecule has 1 unspecified atom stereocenters. The second-order valence-electron chi connectivity index (χ2n) is 4.24. The highest BCUT2D eigenvalue weighted by Crippen LogP contribution is 2.13. The zero-order valence-electron chi connectivity index (χ0n) is 9.69. The van der Waals surface area contributed by atoms with Gasteiger partial charge in [0.2, 0.25) is 5.91 Å². The van der Waals surface area contributed by atoms with E-state index in [4.69, 9.17) is 4.74 Å². The van der Waals surface area contributed by atoms with Crippen molar-refractivity contribution >= 4 is 5.91 Å². The fraction of sp³-hybridized carbons (Fsp3) is 0.462. The van der Waals surface area contributed by atoms with Crippen LogP contribution in [0.4, 0.5) is 0 Å². The molecule has 0 bridgehead atoms. The van der Waals surface area contributed by atoms with Crippen molar-refractivity contribution in [2.45, 2.75) is 31.9 Å². The van der Waals surface area contributed by atoms with Crippen LogP contribution in [0.2, 0.25) is 0 Å². The third-order valence-corrected chi connectivity index (χ3v) is 2.85. The van der Waals surface area contributed by atoms with Crippen LogP contribution >= 0.6 is 0 Å². The van der Waals surface area contributed by atoms with Gasteiger partial charge in [-0.15, -0.1) is 0 Å². The number of hydrogen-bond acceptors (Lipinski definition) is 3. The highest BCUT2D eigenvalue weighted by atomic mass is 16.5. The quantitative estimate of drug-likeness (QED) is 0.836. The van der Waals surface area contributed by atoms with Crippen LogP contribution in [0.3, 0.4) is 0 Å². The zero-order chi connectivity index (χ0) is 12.1. The molecule has 0 aliphatic carbocycles. The summed E-state index contributed by atoms with van der Waals surface area (Å²) in [6, 6.07) is 6.87. The first-order chi connectivity index (χ1) is 8.25. The summed E-state index contributed by atoms with van der Waals surface area (Å²) in [7, 11) is 0. The van der Waals surface area contributed by atoms with Crippen LogP contribution in [0.5, 0.6) is 5.75 Å². The number of hydrogen-bond donors (Lipinski definition) is 2. The largest absolute Gasteiger partial charge is 0.508 e. The Hall–Kier alpha value is -1.55. The minimum atomic E-state index is -0.305. The molecule has 0 spiro atoms. The van der Waals surface area contributed by atoms with Gasteiger partial charge in [0, 0.05) is 13.2 Å². The highest BCUT2D eigenvalue weighted by Gasteiger charge is 2.21. The van der Waals surface area contributed by atoms with Crippen LogP contribution in [0, 0.1) is 0 Å². The van der Waals surface area contributed by atoms with E-state index in [9.17, 15) is 9.90 Å². The molecule has 4 heteroatoms. The Morgan fingerprint density at radius 1 is 1.47 bits per heavy atom. The van der Waals surface area contributed by atoms with Gasteiger partial charge in [-0.1, -0.05) is 12.1 Å². The normalized spacial score (nSPS) is 19.9. The third-order valence-electron chi connectivity index (χ3n) is 2.85. The molecule has 1 amide bonds. The second-order valence-corrected chi connectivity index (χ2v) is 4.24. The van der Waals surface area contributed by atoms with E-state index < -0.39 is 0 Å². The lowest BCUT2D eigenvalue weighted by molar-refractivity contribution is -0.135. The van der Waals surface area contributed by atoms with Crippen molar-refractivity contribution in [2.24, 2.45) is 0 Å². The Bertz CT molecular complexity index is 386. The van der Waals surface area contributed by atoms with Gasteiger partial charge in [0.25, 0.3) is 0 Å². The first-order valence-corrected chi connectivity index (χ1v) is 5.93. The average molecular weight is 235 g/mol. The van der Waals surface area contributed by atoms with Crippen molar-refractivity contribution in [3.8, 4) is 5.75 Å². The van der Waals surface area contributed by atoms with Crippen LogP contribution in [0.25, 0.3) is 0 Å². The number of aromatic hydroxyl groups is 1. The minimum Gasteiger partial charge on any atom is -0.508 e. The van der Waals surface area contributed by atoms with Gasteiger partial charge < -0.3 is 15.2 Å². The SMILES string of the molecule is O=C(NCc1cccc(O)c1)C1CCCCO1. The van der Waals surface area contributed by atoms with Crippen LogP contribution < -0.4 is 5.32 Å². The summed E-state index contributed by atoms with van der Waals surface area (Å²) < 4.78 is 5.39. The number of benzene rings is 1. The first kappa shape index (κ1) is 11.9. The standard InChI is InChI=1S/C13H17NO3/c15-11-5-3-4-10(8-11)9-14-13(16)12-6-1-2-7-17-12/h3-5,8,12,15H,1-2,6-7,9H2,(H,14,16).